The van der Waals surface area contributed by atoms with E-state index >= 15 is 0 Å². The second kappa shape index (κ2) is 5.20. The largest absolute Gasteiger partial charge is 0.325 e. The predicted octanol–water partition coefficient (Wildman–Crippen LogP) is 1.24. The molecule has 2 heterocycles. The zero-order chi connectivity index (χ0) is 12.3. The van der Waals surface area contributed by atoms with Gasteiger partial charge in [-0.05, 0) is 12.5 Å². The van der Waals surface area contributed by atoms with Crippen LogP contribution in [0.1, 0.15) is 28.0 Å². The number of aryl methyl sites for hydroxylation is 1. The molecule has 0 bridgehead atoms. The van der Waals surface area contributed by atoms with E-state index in [1.165, 1.54) is 11.3 Å². The van der Waals surface area contributed by atoms with Gasteiger partial charge in [-0.2, -0.15) is 5.10 Å². The van der Waals surface area contributed by atoms with E-state index < -0.39 is 0 Å². The molecule has 2 rings (SSSR count). The van der Waals surface area contributed by atoms with Crippen LogP contribution < -0.4 is 5.73 Å². The van der Waals surface area contributed by atoms with Crippen LogP contribution in [0.5, 0.6) is 0 Å². The lowest BCUT2D eigenvalue weighted by molar-refractivity contribution is 0.0988. The van der Waals surface area contributed by atoms with Gasteiger partial charge in [-0.3, -0.25) is 9.48 Å². The summed E-state index contributed by atoms with van der Waals surface area (Å²) in [4.78, 5) is 16.1. The third kappa shape index (κ3) is 2.78. The molecule has 0 atom stereocenters. The lowest BCUT2D eigenvalue weighted by atomic mass is 10.1. The Bertz CT molecular complexity index is 517. The molecule has 0 radical (unpaired) electrons. The van der Waals surface area contributed by atoms with E-state index in [1.807, 2.05) is 13.1 Å². The summed E-state index contributed by atoms with van der Waals surface area (Å²) in [6.07, 6.45) is 3.94. The topological polar surface area (TPSA) is 73.8 Å². The standard InChI is InChI=1S/C11H14N4OS/c1-2-15-6-8(5-13-15)3-10(16)9-7-17-11(4-12)14-9/h5-7H,2-4,12H2,1H3. The van der Waals surface area contributed by atoms with E-state index in [2.05, 4.69) is 10.1 Å². The number of carbonyl (C=O) groups is 1. The molecule has 90 valence electrons. The smallest absolute Gasteiger partial charge is 0.186 e. The number of nitrogens with zero attached hydrogens (tertiary/aromatic N) is 3. The Morgan fingerprint density at radius 2 is 2.41 bits per heavy atom. The number of carbonyl (C=O) groups excluding carboxylic acids is 1. The highest BCUT2D eigenvalue weighted by Crippen LogP contribution is 2.12. The first kappa shape index (κ1) is 11.9. The lowest BCUT2D eigenvalue weighted by Crippen LogP contribution is -2.04. The van der Waals surface area contributed by atoms with Crippen molar-refractivity contribution >= 4 is 17.1 Å². The fourth-order valence-electron chi connectivity index (χ4n) is 1.48. The number of ketones is 1. The summed E-state index contributed by atoms with van der Waals surface area (Å²) in [5, 5.41) is 6.68. The fraction of sp³-hybridized carbons (Fsp3) is 0.364. The summed E-state index contributed by atoms with van der Waals surface area (Å²) in [5.74, 6) is 0.0107. The Hall–Kier alpha value is -1.53. The van der Waals surface area contributed by atoms with Crippen LogP contribution in [-0.2, 0) is 19.5 Å². The number of aromatic nitrogens is 3. The van der Waals surface area contributed by atoms with Gasteiger partial charge in [0, 0.05) is 31.1 Å². The van der Waals surface area contributed by atoms with Crippen LogP contribution in [-0.4, -0.2) is 20.5 Å². The highest BCUT2D eigenvalue weighted by atomic mass is 32.1. The van der Waals surface area contributed by atoms with E-state index in [0.29, 0.717) is 18.7 Å². The molecule has 6 heteroatoms. The van der Waals surface area contributed by atoms with E-state index in [-0.39, 0.29) is 5.78 Å². The third-order valence-electron chi connectivity index (χ3n) is 2.39. The molecule has 5 nitrogen and oxygen atoms in total. The van der Waals surface area contributed by atoms with Crippen LogP contribution in [0.4, 0.5) is 0 Å². The van der Waals surface area contributed by atoms with E-state index in [1.54, 1.807) is 16.3 Å². The maximum atomic E-state index is 11.9. The molecule has 0 unspecified atom stereocenters. The van der Waals surface area contributed by atoms with Gasteiger partial charge in [0.15, 0.2) is 5.78 Å². The summed E-state index contributed by atoms with van der Waals surface area (Å²) in [7, 11) is 0. The molecule has 0 aromatic carbocycles. The summed E-state index contributed by atoms with van der Waals surface area (Å²) in [6, 6.07) is 0. The average molecular weight is 250 g/mol. The summed E-state index contributed by atoms with van der Waals surface area (Å²) in [6.45, 7) is 3.19. The normalized spacial score (nSPS) is 10.7. The van der Waals surface area contributed by atoms with E-state index in [9.17, 15) is 4.79 Å². The van der Waals surface area contributed by atoms with Gasteiger partial charge in [0.05, 0.1) is 6.20 Å². The zero-order valence-electron chi connectivity index (χ0n) is 9.59. The van der Waals surface area contributed by atoms with Crippen molar-refractivity contribution in [3.05, 3.63) is 34.0 Å². The molecule has 0 saturated heterocycles. The Balaban J connectivity index is 2.05. The third-order valence-corrected chi connectivity index (χ3v) is 3.26. The van der Waals surface area contributed by atoms with Crippen LogP contribution >= 0.6 is 11.3 Å². The van der Waals surface area contributed by atoms with Crippen LogP contribution in [0.2, 0.25) is 0 Å². The molecule has 0 aliphatic heterocycles. The van der Waals surface area contributed by atoms with Gasteiger partial charge in [-0.1, -0.05) is 0 Å². The van der Waals surface area contributed by atoms with Crippen molar-refractivity contribution in [2.75, 3.05) is 0 Å². The zero-order valence-corrected chi connectivity index (χ0v) is 10.4. The molecule has 0 fully saturated rings. The molecule has 2 N–H and O–H groups in total. The van der Waals surface area contributed by atoms with E-state index in [4.69, 9.17) is 5.73 Å². The van der Waals surface area contributed by atoms with Crippen molar-refractivity contribution in [2.45, 2.75) is 26.4 Å². The quantitative estimate of drug-likeness (QED) is 0.810. The molecule has 2 aromatic rings. The SMILES string of the molecule is CCn1cc(CC(=O)c2csc(CN)n2)cn1. The minimum atomic E-state index is 0.0107. The van der Waals surface area contributed by atoms with Gasteiger partial charge in [0.2, 0.25) is 0 Å². The van der Waals surface area contributed by atoms with Gasteiger partial charge in [-0.25, -0.2) is 4.98 Å². The van der Waals surface area contributed by atoms with Gasteiger partial charge < -0.3 is 5.73 Å². The first-order valence-electron chi connectivity index (χ1n) is 5.42. The van der Waals surface area contributed by atoms with Gasteiger partial charge in [0.25, 0.3) is 0 Å². The van der Waals surface area contributed by atoms with Crippen molar-refractivity contribution in [3.8, 4) is 0 Å². The second-order valence-corrected chi connectivity index (χ2v) is 4.58. The summed E-state index contributed by atoms with van der Waals surface area (Å²) < 4.78 is 1.80. The lowest BCUT2D eigenvalue weighted by Gasteiger charge is -1.94. The van der Waals surface area contributed by atoms with Crippen LogP contribution in [0, 0.1) is 0 Å². The molecule has 0 spiro atoms. The van der Waals surface area contributed by atoms with E-state index in [0.717, 1.165) is 17.1 Å². The Labute approximate surface area is 103 Å². The number of hydrogen-bond acceptors (Lipinski definition) is 5. The van der Waals surface area contributed by atoms with Gasteiger partial charge in [-0.15, -0.1) is 11.3 Å². The Morgan fingerprint density at radius 3 is 3.00 bits per heavy atom. The number of Topliss-reactive ketones (excluding diaryl/α,β-unsaturated/α-hetero) is 1. The molecule has 0 amide bonds. The van der Waals surface area contributed by atoms with Crippen LogP contribution in [0.3, 0.4) is 0 Å². The molecule has 17 heavy (non-hydrogen) atoms. The first-order chi connectivity index (χ1) is 8.22. The maximum absolute atomic E-state index is 11.9. The highest BCUT2D eigenvalue weighted by Gasteiger charge is 2.12. The van der Waals surface area contributed by atoms with Crippen molar-refractivity contribution < 1.29 is 4.79 Å². The molecule has 0 saturated carbocycles. The first-order valence-corrected chi connectivity index (χ1v) is 6.30. The monoisotopic (exact) mass is 250 g/mol. The molecular weight excluding hydrogens is 236 g/mol. The van der Waals surface area contributed by atoms with Crippen molar-refractivity contribution in [1.29, 1.82) is 0 Å². The minimum Gasteiger partial charge on any atom is -0.325 e. The van der Waals surface area contributed by atoms with Crippen molar-refractivity contribution in [1.82, 2.24) is 14.8 Å². The number of hydrogen-bond donors (Lipinski definition) is 1. The van der Waals surface area contributed by atoms with Crippen molar-refractivity contribution in [3.63, 3.8) is 0 Å². The Morgan fingerprint density at radius 1 is 1.59 bits per heavy atom. The average Bonchev–Trinajstić information content (AvgIpc) is 2.96. The number of rotatable bonds is 5. The predicted molar refractivity (Wildman–Crippen MR) is 65.9 cm³/mol. The molecule has 0 aliphatic rings. The maximum Gasteiger partial charge on any atom is 0.186 e. The summed E-state index contributed by atoms with van der Waals surface area (Å²) in [5.41, 5.74) is 6.88. The Kier molecular flexibility index (Phi) is 3.65. The van der Waals surface area contributed by atoms with Gasteiger partial charge in [0.1, 0.15) is 10.7 Å². The van der Waals surface area contributed by atoms with Crippen molar-refractivity contribution in [2.24, 2.45) is 5.73 Å². The number of thiazole rings is 1. The molecule has 2 aromatic heterocycles. The summed E-state index contributed by atoms with van der Waals surface area (Å²) >= 11 is 1.42. The highest BCUT2D eigenvalue weighted by molar-refractivity contribution is 7.09. The van der Waals surface area contributed by atoms with Crippen LogP contribution in [0.15, 0.2) is 17.8 Å². The molecular formula is C11H14N4OS. The number of nitrogens with two attached hydrogens (primary N) is 1. The molecule has 0 aliphatic carbocycles. The second-order valence-electron chi connectivity index (χ2n) is 3.63. The van der Waals surface area contributed by atoms with Gasteiger partial charge >= 0.3 is 0 Å². The van der Waals surface area contributed by atoms with Crippen LogP contribution in [0.25, 0.3) is 0 Å². The minimum absolute atomic E-state index is 0.0107. The fourth-order valence-corrected chi connectivity index (χ4v) is 2.16.